The van der Waals surface area contributed by atoms with Crippen LogP contribution >= 0.6 is 0 Å². The van der Waals surface area contributed by atoms with Gasteiger partial charge in [-0.05, 0) is 99.9 Å². The minimum Gasteiger partial charge on any atom is -0.404 e. The van der Waals surface area contributed by atoms with Gasteiger partial charge >= 0.3 is 0 Å². The summed E-state index contributed by atoms with van der Waals surface area (Å²) in [5, 5.41) is 13.3. The van der Waals surface area contributed by atoms with Crippen LogP contribution < -0.4 is 27.0 Å². The first kappa shape index (κ1) is 45.1. The highest BCUT2D eigenvalue weighted by molar-refractivity contribution is 6.00. The van der Waals surface area contributed by atoms with Crippen LogP contribution in [0.5, 0.6) is 0 Å². The van der Waals surface area contributed by atoms with E-state index in [1.54, 1.807) is 13.2 Å². The van der Waals surface area contributed by atoms with Gasteiger partial charge in [-0.15, -0.1) is 0 Å². The fraction of sp³-hybridized carbons (Fsp3) is 0.488. The fourth-order valence-electron chi connectivity index (χ4n) is 7.73. The number of benzene rings is 1. The quantitative estimate of drug-likeness (QED) is 0.0533. The molecule has 0 spiro atoms. The Hall–Kier alpha value is -5.30. The summed E-state index contributed by atoms with van der Waals surface area (Å²) < 4.78 is 0. The van der Waals surface area contributed by atoms with E-state index in [1.807, 2.05) is 42.7 Å². The third-order valence-corrected chi connectivity index (χ3v) is 10.7. The summed E-state index contributed by atoms with van der Waals surface area (Å²) in [6.07, 6.45) is 23.8. The molecule has 8 N–H and O–H groups in total. The highest BCUT2D eigenvalue weighted by Gasteiger charge is 2.29. The third-order valence-electron chi connectivity index (χ3n) is 10.7. The summed E-state index contributed by atoms with van der Waals surface area (Å²) in [7, 11) is 3.75. The van der Waals surface area contributed by atoms with Crippen molar-refractivity contribution in [3.05, 3.63) is 82.3 Å². The number of aromatic amines is 1. The second kappa shape index (κ2) is 25.0. The molecule has 2 atom stereocenters. The number of hydrogen-bond acceptors (Lipinski definition) is 9. The molecule has 304 valence electrons. The van der Waals surface area contributed by atoms with Gasteiger partial charge in [0.2, 0.25) is 12.3 Å². The summed E-state index contributed by atoms with van der Waals surface area (Å²) in [5.74, 6) is 1.46. The number of aromatic nitrogens is 1. The molecule has 2 saturated heterocycles. The molecule has 2 aromatic rings. The number of carbonyl (C=O) groups is 4. The number of nitrogens with two attached hydrogens (primary N) is 2. The highest BCUT2D eigenvalue weighted by Crippen LogP contribution is 2.35. The Bertz CT molecular complexity index is 1690. The lowest BCUT2D eigenvalue weighted by atomic mass is 9.79. The van der Waals surface area contributed by atoms with Gasteiger partial charge in [0.15, 0.2) is 0 Å². The van der Waals surface area contributed by atoms with E-state index in [0.717, 1.165) is 79.2 Å². The molecular weight excluding hydrogens is 707 g/mol. The second-order valence-corrected chi connectivity index (χ2v) is 14.3. The number of carbonyl (C=O) groups excluding carboxylic acids is 4. The Kier molecular flexibility index (Phi) is 20.1. The molecule has 3 amide bonds. The molecule has 2 unspecified atom stereocenters. The molecule has 5 rings (SSSR count). The maximum Gasteiger partial charge on any atom is 0.251 e. The minimum atomic E-state index is -0.00292. The van der Waals surface area contributed by atoms with Crippen molar-refractivity contribution < 1.29 is 19.2 Å². The van der Waals surface area contributed by atoms with Gasteiger partial charge in [0, 0.05) is 105 Å². The van der Waals surface area contributed by atoms with Gasteiger partial charge in [-0.25, -0.2) is 0 Å². The predicted molar refractivity (Wildman–Crippen MR) is 227 cm³/mol. The maximum absolute atomic E-state index is 12.1. The van der Waals surface area contributed by atoms with Crippen molar-refractivity contribution in [3.8, 4) is 0 Å². The molecular formula is C43H63N9O4. The number of amides is 3. The zero-order valence-corrected chi connectivity index (χ0v) is 33.5. The van der Waals surface area contributed by atoms with E-state index in [0.29, 0.717) is 37.8 Å². The number of aliphatic imine (C=N–C) groups is 1. The molecule has 2 fully saturated rings. The number of unbranched alkanes of at least 4 members (excludes halogenated alkanes) is 1. The molecule has 13 nitrogen and oxygen atoms in total. The zero-order valence-electron chi connectivity index (χ0n) is 33.5. The lowest BCUT2D eigenvalue weighted by Crippen LogP contribution is -2.37. The van der Waals surface area contributed by atoms with Gasteiger partial charge in [0.05, 0.1) is 0 Å². The SMILES string of the molecule is CCCC(CCN=C\C=C/C(=C\N)/C=C/c1[nH]c(C2CCCN2C)cc1C=N)C1CCN(c2cccc3c2CNC3=O)CC1.CNC(=O)CCCC=O.NC=O. The van der Waals surface area contributed by atoms with Crippen LogP contribution in [0.1, 0.15) is 110 Å². The van der Waals surface area contributed by atoms with Crippen LogP contribution in [0.2, 0.25) is 0 Å². The maximum atomic E-state index is 12.1. The van der Waals surface area contributed by atoms with Crippen LogP contribution in [0.15, 0.2) is 59.3 Å². The third kappa shape index (κ3) is 13.8. The van der Waals surface area contributed by atoms with Crippen molar-refractivity contribution in [2.45, 2.75) is 83.7 Å². The largest absolute Gasteiger partial charge is 0.404 e. The molecule has 1 aromatic carbocycles. The average molecular weight is 770 g/mol. The molecule has 3 aliphatic rings. The van der Waals surface area contributed by atoms with Crippen molar-refractivity contribution in [1.29, 1.82) is 5.41 Å². The number of anilines is 1. The monoisotopic (exact) mass is 770 g/mol. The Morgan fingerprint density at radius 2 is 1.89 bits per heavy atom. The van der Waals surface area contributed by atoms with Crippen molar-refractivity contribution in [3.63, 3.8) is 0 Å². The molecule has 3 aliphatic heterocycles. The van der Waals surface area contributed by atoms with Crippen LogP contribution in [-0.4, -0.2) is 87.1 Å². The van der Waals surface area contributed by atoms with E-state index < -0.39 is 0 Å². The number of primary amides is 1. The lowest BCUT2D eigenvalue weighted by molar-refractivity contribution is -0.120. The molecule has 56 heavy (non-hydrogen) atoms. The second-order valence-electron chi connectivity index (χ2n) is 14.3. The van der Waals surface area contributed by atoms with E-state index in [1.165, 1.54) is 49.7 Å². The molecule has 0 saturated carbocycles. The standard InChI is InChI=1S/C36H49N7O.C6H11NO2.CH3NO/c1-3-7-27(28-15-20-43(21-16-28)34-10-4-9-30-31(34)25-40-36(30)44)14-18-39-17-5-8-26(23-37)12-13-32-29(24-38)22-33(41-32)35-11-6-19-42(35)2;1-7-6(9)4-2-3-5-8;2-1-3/h4-5,8-10,12-13,17,22-24,27-28,35,38,41H,3,6-7,11,14-16,18-21,25,37H2,1-2H3,(H,40,44);5H,2-4H2,1H3,(H,7,9);1H,(H2,2,3)/b8-5-,13-12+,26-23+,38-24?,39-17?;;. The van der Waals surface area contributed by atoms with Gasteiger partial charge < -0.3 is 42.2 Å². The smallest absolute Gasteiger partial charge is 0.251 e. The van der Waals surface area contributed by atoms with Crippen molar-refractivity contribution in [1.82, 2.24) is 20.5 Å². The number of piperidine rings is 1. The summed E-state index contributed by atoms with van der Waals surface area (Å²) in [6.45, 7) is 6.96. The first-order valence-electron chi connectivity index (χ1n) is 19.9. The van der Waals surface area contributed by atoms with Crippen molar-refractivity contribution in [2.24, 2.45) is 28.3 Å². The summed E-state index contributed by atoms with van der Waals surface area (Å²) >= 11 is 0. The highest BCUT2D eigenvalue weighted by atomic mass is 16.2. The van der Waals surface area contributed by atoms with Crippen LogP contribution in [0.3, 0.4) is 0 Å². The van der Waals surface area contributed by atoms with Crippen LogP contribution in [0, 0.1) is 17.2 Å². The van der Waals surface area contributed by atoms with Gasteiger partial charge in [-0.1, -0.05) is 38.0 Å². The van der Waals surface area contributed by atoms with Crippen LogP contribution in [-0.2, 0) is 20.9 Å². The average Bonchev–Trinajstić information content (AvgIpc) is 3.95. The molecule has 13 heteroatoms. The van der Waals surface area contributed by atoms with Crippen LogP contribution in [0.4, 0.5) is 5.69 Å². The van der Waals surface area contributed by atoms with Crippen molar-refractivity contribution >= 4 is 48.7 Å². The Balaban J connectivity index is 0.000000610. The molecule has 4 heterocycles. The summed E-state index contributed by atoms with van der Waals surface area (Å²) in [5.41, 5.74) is 17.2. The van der Waals surface area contributed by atoms with E-state index in [-0.39, 0.29) is 18.2 Å². The molecule has 0 radical (unpaired) electrons. The number of H-pyrrole nitrogens is 1. The number of allylic oxidation sites excluding steroid dienone is 4. The predicted octanol–water partition coefficient (Wildman–Crippen LogP) is 5.43. The summed E-state index contributed by atoms with van der Waals surface area (Å²) in [4.78, 5) is 54.0. The molecule has 0 aliphatic carbocycles. The van der Waals surface area contributed by atoms with Gasteiger partial charge in [0.1, 0.15) is 6.29 Å². The Morgan fingerprint density at radius 3 is 2.54 bits per heavy atom. The van der Waals surface area contributed by atoms with E-state index in [2.05, 4.69) is 57.3 Å². The van der Waals surface area contributed by atoms with E-state index >= 15 is 0 Å². The van der Waals surface area contributed by atoms with E-state index in [9.17, 15) is 14.4 Å². The Morgan fingerprint density at radius 1 is 1.12 bits per heavy atom. The van der Waals surface area contributed by atoms with Crippen LogP contribution in [0.25, 0.3) is 6.08 Å². The number of fused-ring (bicyclic) bond motifs is 1. The lowest BCUT2D eigenvalue weighted by Gasteiger charge is -2.38. The van der Waals surface area contributed by atoms with Gasteiger partial charge in [-0.3, -0.25) is 24.3 Å². The first-order valence-corrected chi connectivity index (χ1v) is 19.9. The van der Waals surface area contributed by atoms with Gasteiger partial charge in [-0.2, -0.15) is 0 Å². The number of likely N-dealkylation sites (tertiary alicyclic amines) is 1. The number of hydrogen-bond donors (Lipinski definition) is 6. The number of aldehydes is 1. The molecule has 0 bridgehead atoms. The van der Waals surface area contributed by atoms with Gasteiger partial charge in [0.25, 0.3) is 5.91 Å². The number of rotatable bonds is 17. The Labute approximate surface area is 332 Å². The summed E-state index contributed by atoms with van der Waals surface area (Å²) in [6, 6.07) is 8.61. The minimum absolute atomic E-state index is 0.00292. The van der Waals surface area contributed by atoms with E-state index in [4.69, 9.17) is 20.9 Å². The first-order chi connectivity index (χ1) is 27.2. The normalized spacial score (nSPS) is 17.9. The fourth-order valence-corrected chi connectivity index (χ4v) is 7.73. The topological polar surface area (TPSA) is 203 Å². The number of nitrogens with zero attached hydrogens (tertiary/aromatic N) is 3. The zero-order chi connectivity index (χ0) is 40.7. The molecule has 1 aromatic heterocycles. The number of nitrogens with one attached hydrogen (secondary N) is 4. The van der Waals surface area contributed by atoms with Crippen molar-refractivity contribution in [2.75, 3.05) is 45.2 Å².